The molecule has 0 amide bonds. The van der Waals surface area contributed by atoms with Crippen LogP contribution in [-0.2, 0) is 0 Å². The summed E-state index contributed by atoms with van der Waals surface area (Å²) in [5, 5.41) is 18.6. The van der Waals surface area contributed by atoms with Gasteiger partial charge < -0.3 is 10.2 Å². The first kappa shape index (κ1) is 29.3. The van der Waals surface area contributed by atoms with Crippen LogP contribution < -0.4 is 0 Å². The van der Waals surface area contributed by atoms with E-state index in [2.05, 4.69) is 55.5 Å². The smallest absolute Gasteiger partial charge is 0.0431 e. The van der Waals surface area contributed by atoms with E-state index in [0.29, 0.717) is 25.0 Å². The van der Waals surface area contributed by atoms with Crippen molar-refractivity contribution in [1.29, 1.82) is 0 Å². The van der Waals surface area contributed by atoms with Crippen LogP contribution in [-0.4, -0.2) is 23.4 Å². The molecule has 2 aliphatic rings. The molecule has 0 spiro atoms. The summed E-state index contributed by atoms with van der Waals surface area (Å²) < 4.78 is 0. The second kappa shape index (κ2) is 15.8. The molecule has 2 heteroatoms. The molecular formula is C36H54O2. The minimum Gasteiger partial charge on any atom is -0.396 e. The van der Waals surface area contributed by atoms with Crippen molar-refractivity contribution in [3.05, 3.63) is 59.7 Å². The lowest BCUT2D eigenvalue weighted by Crippen LogP contribution is -2.22. The van der Waals surface area contributed by atoms with Crippen molar-refractivity contribution in [2.24, 2.45) is 17.8 Å². The number of unbranched alkanes of at least 4 members (excludes halogenated alkanes) is 2. The fourth-order valence-corrected chi connectivity index (χ4v) is 7.61. The summed E-state index contributed by atoms with van der Waals surface area (Å²) in [6.45, 7) is 2.89. The van der Waals surface area contributed by atoms with Crippen LogP contribution >= 0.6 is 0 Å². The monoisotopic (exact) mass is 518 g/mol. The molecule has 2 fully saturated rings. The molecule has 38 heavy (non-hydrogen) atoms. The number of benzene rings is 2. The Morgan fingerprint density at radius 2 is 1.08 bits per heavy atom. The summed E-state index contributed by atoms with van der Waals surface area (Å²) in [6, 6.07) is 18.9. The first-order chi connectivity index (χ1) is 18.7. The molecule has 0 heterocycles. The summed E-state index contributed by atoms with van der Waals surface area (Å²) >= 11 is 0. The Hall–Kier alpha value is -1.64. The zero-order valence-electron chi connectivity index (χ0n) is 24.1. The lowest BCUT2D eigenvalue weighted by molar-refractivity contribution is 0.177. The Balaban J connectivity index is 1.26. The quantitative estimate of drug-likeness (QED) is 0.244. The van der Waals surface area contributed by atoms with Crippen LogP contribution in [0.1, 0.15) is 133 Å². The van der Waals surface area contributed by atoms with Crippen molar-refractivity contribution in [3.63, 3.8) is 0 Å². The van der Waals surface area contributed by atoms with Gasteiger partial charge in [-0.25, -0.2) is 0 Å². The van der Waals surface area contributed by atoms with Crippen LogP contribution in [0.4, 0.5) is 0 Å². The predicted octanol–water partition coefficient (Wildman–Crippen LogP) is 9.64. The average Bonchev–Trinajstić information content (AvgIpc) is 2.98. The molecular weight excluding hydrogens is 464 g/mol. The van der Waals surface area contributed by atoms with Crippen molar-refractivity contribution in [2.75, 3.05) is 13.2 Å². The molecule has 0 atom stereocenters. The normalized spacial score (nSPS) is 24.1. The van der Waals surface area contributed by atoms with E-state index in [9.17, 15) is 10.2 Å². The highest BCUT2D eigenvalue weighted by molar-refractivity contribution is 5.64. The third kappa shape index (κ3) is 8.43. The summed E-state index contributed by atoms with van der Waals surface area (Å²) in [4.78, 5) is 0. The standard InChI is InChI=1S/C36H54O2/c1-2-3-4-7-28-10-12-30(13-11-28)32-18-20-34(21-19-32)36-24-22-35(23-25-36)33-16-14-31(15-17-33)29(8-5-26-37)9-6-27-38/h18-25,28-31,33,37-38H,2-17,26-27H2,1H3. The predicted molar refractivity (Wildman–Crippen MR) is 162 cm³/mol. The Bertz CT molecular complexity index is 878. The third-order valence-electron chi connectivity index (χ3n) is 10.1. The van der Waals surface area contributed by atoms with Crippen LogP contribution in [0.25, 0.3) is 11.1 Å². The molecule has 0 saturated heterocycles. The number of hydrogen-bond acceptors (Lipinski definition) is 2. The molecule has 2 aliphatic carbocycles. The largest absolute Gasteiger partial charge is 0.396 e. The van der Waals surface area contributed by atoms with E-state index in [-0.39, 0.29) is 0 Å². The van der Waals surface area contributed by atoms with Gasteiger partial charge in [-0.05, 0) is 129 Å². The Morgan fingerprint density at radius 1 is 0.605 bits per heavy atom. The lowest BCUT2D eigenvalue weighted by atomic mass is 9.71. The Morgan fingerprint density at radius 3 is 1.53 bits per heavy atom. The van der Waals surface area contributed by atoms with Gasteiger partial charge in [-0.15, -0.1) is 0 Å². The Labute approximate surface area is 233 Å². The maximum atomic E-state index is 9.30. The summed E-state index contributed by atoms with van der Waals surface area (Å²) in [5.74, 6) is 3.84. The number of rotatable bonds is 14. The molecule has 2 aromatic carbocycles. The van der Waals surface area contributed by atoms with Crippen molar-refractivity contribution < 1.29 is 10.2 Å². The topological polar surface area (TPSA) is 40.5 Å². The average molecular weight is 519 g/mol. The van der Waals surface area contributed by atoms with Gasteiger partial charge in [-0.1, -0.05) is 81.1 Å². The second-order valence-electron chi connectivity index (χ2n) is 12.6. The van der Waals surface area contributed by atoms with Gasteiger partial charge in [0.1, 0.15) is 0 Å². The van der Waals surface area contributed by atoms with Gasteiger partial charge in [0.05, 0.1) is 0 Å². The van der Waals surface area contributed by atoms with Crippen LogP contribution in [0.15, 0.2) is 48.5 Å². The highest BCUT2D eigenvalue weighted by Crippen LogP contribution is 2.42. The molecule has 2 aromatic rings. The van der Waals surface area contributed by atoms with Crippen molar-refractivity contribution in [3.8, 4) is 11.1 Å². The summed E-state index contributed by atoms with van der Waals surface area (Å²) in [5.41, 5.74) is 5.72. The van der Waals surface area contributed by atoms with E-state index in [1.807, 2.05) is 0 Å². The molecule has 2 nitrogen and oxygen atoms in total. The van der Waals surface area contributed by atoms with E-state index < -0.39 is 0 Å². The van der Waals surface area contributed by atoms with Gasteiger partial charge in [-0.3, -0.25) is 0 Å². The first-order valence-electron chi connectivity index (χ1n) is 16.1. The van der Waals surface area contributed by atoms with Crippen LogP contribution in [0.3, 0.4) is 0 Å². The first-order valence-corrected chi connectivity index (χ1v) is 16.1. The van der Waals surface area contributed by atoms with Crippen molar-refractivity contribution in [2.45, 2.75) is 121 Å². The molecule has 2 N–H and O–H groups in total. The second-order valence-corrected chi connectivity index (χ2v) is 12.6. The Kier molecular flexibility index (Phi) is 12.2. The van der Waals surface area contributed by atoms with Crippen molar-refractivity contribution >= 4 is 0 Å². The minimum atomic E-state index is 0.292. The van der Waals surface area contributed by atoms with Crippen molar-refractivity contribution in [1.82, 2.24) is 0 Å². The van der Waals surface area contributed by atoms with Gasteiger partial charge in [0, 0.05) is 13.2 Å². The highest BCUT2D eigenvalue weighted by Gasteiger charge is 2.28. The molecule has 2 saturated carbocycles. The van der Waals surface area contributed by atoms with E-state index in [4.69, 9.17) is 0 Å². The lowest BCUT2D eigenvalue weighted by Gasteiger charge is -2.34. The van der Waals surface area contributed by atoms with Gasteiger partial charge in [0.2, 0.25) is 0 Å². The van der Waals surface area contributed by atoms with Gasteiger partial charge in [0.25, 0.3) is 0 Å². The molecule has 0 bridgehead atoms. The fraction of sp³-hybridized carbons (Fsp3) is 0.667. The van der Waals surface area contributed by atoms with E-state index in [1.54, 1.807) is 5.56 Å². The molecule has 0 aliphatic heterocycles. The third-order valence-corrected chi connectivity index (χ3v) is 10.1. The molecule has 4 rings (SSSR count). The van der Waals surface area contributed by atoms with Gasteiger partial charge in [-0.2, -0.15) is 0 Å². The van der Waals surface area contributed by atoms with Crippen LogP contribution in [0.5, 0.6) is 0 Å². The van der Waals surface area contributed by atoms with Gasteiger partial charge in [0.15, 0.2) is 0 Å². The number of hydrogen-bond donors (Lipinski definition) is 2. The summed E-state index contributed by atoms with van der Waals surface area (Å²) in [7, 11) is 0. The zero-order chi connectivity index (χ0) is 26.6. The van der Waals surface area contributed by atoms with Crippen LogP contribution in [0, 0.1) is 17.8 Å². The summed E-state index contributed by atoms with van der Waals surface area (Å²) in [6.07, 6.45) is 20.4. The fourth-order valence-electron chi connectivity index (χ4n) is 7.61. The highest BCUT2D eigenvalue weighted by atomic mass is 16.3. The van der Waals surface area contributed by atoms with E-state index >= 15 is 0 Å². The maximum Gasteiger partial charge on any atom is 0.0431 e. The number of aliphatic hydroxyl groups is 2. The van der Waals surface area contributed by atoms with Crippen LogP contribution in [0.2, 0.25) is 0 Å². The zero-order valence-corrected chi connectivity index (χ0v) is 24.1. The van der Waals surface area contributed by atoms with E-state index in [0.717, 1.165) is 43.4 Å². The maximum absolute atomic E-state index is 9.30. The number of aliphatic hydroxyl groups excluding tert-OH is 2. The molecule has 0 radical (unpaired) electrons. The van der Waals surface area contributed by atoms with E-state index in [1.165, 1.54) is 93.7 Å². The minimum absolute atomic E-state index is 0.292. The van der Waals surface area contributed by atoms with Gasteiger partial charge >= 0.3 is 0 Å². The SMILES string of the molecule is CCCCCC1CCC(c2ccc(-c3ccc(C4CCC(C(CCCO)CCCO)CC4)cc3)cc2)CC1. The molecule has 0 aromatic heterocycles. The molecule has 210 valence electrons. The molecule has 0 unspecified atom stereocenters.